The molecule has 0 amide bonds. The van der Waals surface area contributed by atoms with E-state index in [9.17, 15) is 13.2 Å². The maximum absolute atomic E-state index is 11.9. The first-order chi connectivity index (χ1) is 7.38. The highest BCUT2D eigenvalue weighted by molar-refractivity contribution is 8.00. The Bertz CT molecular complexity index is 324. The van der Waals surface area contributed by atoms with Crippen molar-refractivity contribution in [3.8, 4) is 0 Å². The SMILES string of the molecule is CN(CCSC(F)(F)F)c1ccc(N)cc1. The van der Waals surface area contributed by atoms with Crippen LogP contribution in [-0.4, -0.2) is 24.9 Å². The lowest BCUT2D eigenvalue weighted by Gasteiger charge is -2.19. The van der Waals surface area contributed by atoms with E-state index in [-0.39, 0.29) is 17.5 Å². The summed E-state index contributed by atoms with van der Waals surface area (Å²) in [5.41, 5.74) is 2.86. The lowest BCUT2D eigenvalue weighted by Crippen LogP contribution is -2.21. The second kappa shape index (κ2) is 5.34. The molecule has 2 N–H and O–H groups in total. The summed E-state index contributed by atoms with van der Waals surface area (Å²) < 4.78 is 35.7. The number of hydrogen-bond acceptors (Lipinski definition) is 3. The van der Waals surface area contributed by atoms with E-state index in [2.05, 4.69) is 0 Å². The summed E-state index contributed by atoms with van der Waals surface area (Å²) in [6.07, 6.45) is 0. The molecule has 2 nitrogen and oxygen atoms in total. The number of alkyl halides is 3. The highest BCUT2D eigenvalue weighted by Gasteiger charge is 2.27. The molecule has 0 aliphatic rings. The molecular weight excluding hydrogens is 237 g/mol. The standard InChI is InChI=1S/C10H13F3N2S/c1-15(6-7-16-10(11,12)13)9-4-2-8(14)3-5-9/h2-5H,6-7,14H2,1H3. The second-order valence-electron chi connectivity index (χ2n) is 3.31. The molecule has 1 aromatic carbocycles. The number of nitrogens with zero attached hydrogens (tertiary/aromatic N) is 1. The minimum absolute atomic E-state index is 0.00664. The van der Waals surface area contributed by atoms with Crippen molar-refractivity contribution in [2.45, 2.75) is 5.51 Å². The van der Waals surface area contributed by atoms with Gasteiger partial charge in [-0.1, -0.05) is 0 Å². The third-order valence-electron chi connectivity index (χ3n) is 2.03. The molecule has 1 rings (SSSR count). The van der Waals surface area contributed by atoms with E-state index < -0.39 is 5.51 Å². The Balaban J connectivity index is 2.41. The summed E-state index contributed by atoms with van der Waals surface area (Å²) in [5.74, 6) is 0.0182. The Morgan fingerprint density at radius 1 is 1.25 bits per heavy atom. The molecule has 6 heteroatoms. The average Bonchev–Trinajstić information content (AvgIpc) is 2.16. The van der Waals surface area contributed by atoms with Crippen molar-refractivity contribution in [3.63, 3.8) is 0 Å². The quantitative estimate of drug-likeness (QED) is 0.833. The largest absolute Gasteiger partial charge is 0.441 e. The fourth-order valence-electron chi connectivity index (χ4n) is 1.16. The Kier molecular flexibility index (Phi) is 4.35. The number of benzene rings is 1. The molecule has 0 unspecified atom stereocenters. The molecule has 0 spiro atoms. The van der Waals surface area contributed by atoms with Crippen molar-refractivity contribution in [2.75, 3.05) is 30.0 Å². The minimum Gasteiger partial charge on any atom is -0.399 e. The summed E-state index contributed by atoms with van der Waals surface area (Å²) in [6, 6.07) is 7.02. The maximum Gasteiger partial charge on any atom is 0.441 e. The average molecular weight is 250 g/mol. The van der Waals surface area contributed by atoms with Crippen LogP contribution in [0.4, 0.5) is 24.5 Å². The first kappa shape index (κ1) is 13.0. The molecule has 0 aromatic heterocycles. The zero-order chi connectivity index (χ0) is 12.2. The van der Waals surface area contributed by atoms with Gasteiger partial charge in [-0.2, -0.15) is 13.2 Å². The van der Waals surface area contributed by atoms with Crippen molar-refractivity contribution in [3.05, 3.63) is 24.3 Å². The number of nitrogens with two attached hydrogens (primary N) is 1. The van der Waals surface area contributed by atoms with Crippen LogP contribution in [0, 0.1) is 0 Å². The van der Waals surface area contributed by atoms with Crippen LogP contribution in [0.5, 0.6) is 0 Å². The number of hydrogen-bond donors (Lipinski definition) is 1. The van der Waals surface area contributed by atoms with Gasteiger partial charge >= 0.3 is 5.51 Å². The smallest absolute Gasteiger partial charge is 0.399 e. The van der Waals surface area contributed by atoms with Crippen LogP contribution in [0.25, 0.3) is 0 Å². The summed E-state index contributed by atoms with van der Waals surface area (Å²) >= 11 is -0.00664. The van der Waals surface area contributed by atoms with Crippen LogP contribution in [-0.2, 0) is 0 Å². The summed E-state index contributed by atoms with van der Waals surface area (Å²) in [6.45, 7) is 0.341. The Hall–Kier alpha value is -1.04. The van der Waals surface area contributed by atoms with Gasteiger partial charge in [-0.05, 0) is 36.0 Å². The minimum atomic E-state index is -4.15. The molecule has 0 radical (unpaired) electrons. The van der Waals surface area contributed by atoms with E-state index in [1.54, 1.807) is 36.2 Å². The summed E-state index contributed by atoms with van der Waals surface area (Å²) in [4.78, 5) is 1.76. The van der Waals surface area contributed by atoms with Gasteiger partial charge in [0.05, 0.1) is 0 Å². The number of nitrogen functional groups attached to an aromatic ring is 1. The highest BCUT2D eigenvalue weighted by Crippen LogP contribution is 2.30. The van der Waals surface area contributed by atoms with Crippen LogP contribution in [0.15, 0.2) is 24.3 Å². The van der Waals surface area contributed by atoms with Gasteiger partial charge in [0.15, 0.2) is 0 Å². The normalized spacial score (nSPS) is 11.5. The Morgan fingerprint density at radius 3 is 2.31 bits per heavy atom. The van der Waals surface area contributed by atoms with Gasteiger partial charge in [0.1, 0.15) is 0 Å². The van der Waals surface area contributed by atoms with Crippen LogP contribution in [0.1, 0.15) is 0 Å². The van der Waals surface area contributed by atoms with E-state index in [0.717, 1.165) is 5.69 Å². The van der Waals surface area contributed by atoms with Gasteiger partial charge in [-0.15, -0.1) is 0 Å². The maximum atomic E-state index is 11.9. The van der Waals surface area contributed by atoms with Crippen LogP contribution in [0.2, 0.25) is 0 Å². The lowest BCUT2D eigenvalue weighted by molar-refractivity contribution is -0.0327. The lowest BCUT2D eigenvalue weighted by atomic mass is 10.2. The number of thioether (sulfide) groups is 1. The van der Waals surface area contributed by atoms with Gasteiger partial charge in [0.2, 0.25) is 0 Å². The second-order valence-corrected chi connectivity index (χ2v) is 4.47. The molecule has 0 saturated heterocycles. The number of anilines is 2. The van der Waals surface area contributed by atoms with E-state index in [1.165, 1.54) is 0 Å². The van der Waals surface area contributed by atoms with Crippen molar-refractivity contribution in [1.29, 1.82) is 0 Å². The highest BCUT2D eigenvalue weighted by atomic mass is 32.2. The fraction of sp³-hybridized carbons (Fsp3) is 0.400. The van der Waals surface area contributed by atoms with E-state index in [1.807, 2.05) is 0 Å². The monoisotopic (exact) mass is 250 g/mol. The zero-order valence-corrected chi connectivity index (χ0v) is 9.61. The van der Waals surface area contributed by atoms with E-state index in [0.29, 0.717) is 12.2 Å². The molecule has 0 fully saturated rings. The third-order valence-corrected chi connectivity index (χ3v) is 2.74. The molecule has 0 aliphatic carbocycles. The fourth-order valence-corrected chi connectivity index (χ4v) is 1.75. The topological polar surface area (TPSA) is 29.3 Å². The van der Waals surface area contributed by atoms with Crippen LogP contribution >= 0.6 is 11.8 Å². The Labute approximate surface area is 96.6 Å². The van der Waals surface area contributed by atoms with Crippen LogP contribution in [0.3, 0.4) is 0 Å². The number of halogens is 3. The van der Waals surface area contributed by atoms with E-state index in [4.69, 9.17) is 5.73 Å². The summed E-state index contributed by atoms with van der Waals surface area (Å²) in [5, 5.41) is 0. The van der Waals surface area contributed by atoms with Crippen LogP contribution < -0.4 is 10.6 Å². The molecule has 90 valence electrons. The molecule has 0 atom stereocenters. The molecule has 0 bridgehead atoms. The van der Waals surface area contributed by atoms with Crippen molar-refractivity contribution in [1.82, 2.24) is 0 Å². The predicted molar refractivity (Wildman–Crippen MR) is 62.6 cm³/mol. The van der Waals surface area contributed by atoms with Crippen molar-refractivity contribution >= 4 is 23.1 Å². The molecule has 0 heterocycles. The third kappa shape index (κ3) is 4.65. The molecular formula is C10H13F3N2S. The van der Waals surface area contributed by atoms with Crippen molar-refractivity contribution in [2.24, 2.45) is 0 Å². The zero-order valence-electron chi connectivity index (χ0n) is 8.79. The molecule has 1 aromatic rings. The summed E-state index contributed by atoms with van der Waals surface area (Å²) in [7, 11) is 1.75. The van der Waals surface area contributed by atoms with Crippen molar-refractivity contribution < 1.29 is 13.2 Å². The van der Waals surface area contributed by atoms with Gasteiger partial charge in [-0.25, -0.2) is 0 Å². The molecule has 16 heavy (non-hydrogen) atoms. The van der Waals surface area contributed by atoms with E-state index >= 15 is 0 Å². The molecule has 0 saturated carbocycles. The van der Waals surface area contributed by atoms with Gasteiger partial charge in [-0.3, -0.25) is 0 Å². The number of rotatable bonds is 4. The first-order valence-electron chi connectivity index (χ1n) is 4.66. The molecule has 0 aliphatic heterocycles. The van der Waals surface area contributed by atoms with Gasteiger partial charge < -0.3 is 10.6 Å². The predicted octanol–water partition coefficient (Wildman–Crippen LogP) is 2.96. The first-order valence-corrected chi connectivity index (χ1v) is 5.64. The van der Waals surface area contributed by atoms with Gasteiger partial charge in [0.25, 0.3) is 0 Å². The van der Waals surface area contributed by atoms with Gasteiger partial charge in [0, 0.05) is 30.7 Å². The Morgan fingerprint density at radius 2 is 1.81 bits per heavy atom.